The molecule has 0 saturated carbocycles. The number of amides is 1. The minimum Gasteiger partial charge on any atom is -0.299 e. The van der Waals surface area contributed by atoms with Crippen LogP contribution < -0.4 is 3.53 Å². The molecule has 0 aromatic heterocycles. The Morgan fingerprint density at radius 2 is 1.55 bits per heavy atom. The molecule has 1 amide bonds. The van der Waals surface area contributed by atoms with Crippen molar-refractivity contribution in [2.24, 2.45) is 17.8 Å². The number of rotatable bonds is 3. The highest BCUT2D eigenvalue weighted by Gasteiger charge is 2.24. The van der Waals surface area contributed by atoms with Crippen LogP contribution in [0.15, 0.2) is 0 Å². The van der Waals surface area contributed by atoms with Crippen molar-refractivity contribution < 1.29 is 4.79 Å². The lowest BCUT2D eigenvalue weighted by molar-refractivity contribution is -0.125. The zero-order valence-electron chi connectivity index (χ0n) is 7.52. The second-order valence-corrected chi connectivity index (χ2v) is 4.01. The Kier molecular flexibility index (Phi) is 5.04. The fourth-order valence-electron chi connectivity index (χ4n) is 1.44. The van der Waals surface area contributed by atoms with Crippen LogP contribution in [0.2, 0.25) is 0 Å². The molecule has 0 fully saturated rings. The van der Waals surface area contributed by atoms with Crippen molar-refractivity contribution in [2.75, 3.05) is 0 Å². The number of carbonyl (C=O) groups excluding carboxylic acids is 1. The van der Waals surface area contributed by atoms with Gasteiger partial charge in [0.2, 0.25) is 5.91 Å². The Hall–Kier alpha value is 0.200. The monoisotopic (exact) mass is 269 g/mol. The van der Waals surface area contributed by atoms with Crippen LogP contribution in [0.25, 0.3) is 0 Å². The first kappa shape index (κ1) is 11.2. The normalized spacial score (nSPS) is 11.3. The summed E-state index contributed by atoms with van der Waals surface area (Å²) in [5.41, 5.74) is 0. The summed E-state index contributed by atoms with van der Waals surface area (Å²) in [6, 6.07) is 0. The zero-order valence-corrected chi connectivity index (χ0v) is 9.68. The van der Waals surface area contributed by atoms with Crippen molar-refractivity contribution in [1.82, 2.24) is 3.53 Å². The van der Waals surface area contributed by atoms with E-state index in [2.05, 4.69) is 31.2 Å². The Bertz CT molecular complexity index is 126. The molecule has 0 unspecified atom stereocenters. The van der Waals surface area contributed by atoms with Crippen molar-refractivity contribution in [3.63, 3.8) is 0 Å². The molecule has 11 heavy (non-hydrogen) atoms. The predicted octanol–water partition coefficient (Wildman–Crippen LogP) is 2.38. The number of carbonyl (C=O) groups is 1. The molecule has 0 aromatic carbocycles. The maximum absolute atomic E-state index is 11.3. The van der Waals surface area contributed by atoms with Gasteiger partial charge in [-0.25, -0.2) is 0 Å². The molecular weight excluding hydrogens is 253 g/mol. The summed E-state index contributed by atoms with van der Waals surface area (Å²) in [5, 5.41) is 0. The van der Waals surface area contributed by atoms with E-state index in [4.69, 9.17) is 0 Å². The summed E-state index contributed by atoms with van der Waals surface area (Å²) in [6.07, 6.45) is 0. The molecule has 0 aliphatic rings. The molecule has 0 aromatic rings. The van der Waals surface area contributed by atoms with Crippen molar-refractivity contribution in [3.05, 3.63) is 0 Å². The van der Waals surface area contributed by atoms with E-state index < -0.39 is 0 Å². The molecule has 1 N–H and O–H groups in total. The zero-order chi connectivity index (χ0) is 9.02. The van der Waals surface area contributed by atoms with Crippen LogP contribution in [0, 0.1) is 17.8 Å². The van der Waals surface area contributed by atoms with Crippen LogP contribution in [0.4, 0.5) is 0 Å². The van der Waals surface area contributed by atoms with Crippen molar-refractivity contribution in [1.29, 1.82) is 0 Å². The van der Waals surface area contributed by atoms with Crippen molar-refractivity contribution in [2.45, 2.75) is 27.7 Å². The van der Waals surface area contributed by atoms with Gasteiger partial charge in [-0.05, 0) is 11.8 Å². The molecular formula is C8H16INO. The smallest absolute Gasteiger partial charge is 0.232 e. The summed E-state index contributed by atoms with van der Waals surface area (Å²) in [6.45, 7) is 8.32. The van der Waals surface area contributed by atoms with E-state index in [0.29, 0.717) is 11.8 Å². The van der Waals surface area contributed by atoms with Gasteiger partial charge >= 0.3 is 0 Å². The van der Waals surface area contributed by atoms with Gasteiger partial charge in [0, 0.05) is 5.92 Å². The maximum atomic E-state index is 11.3. The van der Waals surface area contributed by atoms with Crippen LogP contribution in [0.3, 0.4) is 0 Å². The molecule has 0 rings (SSSR count). The highest BCUT2D eigenvalue weighted by molar-refractivity contribution is 14.1. The molecule has 0 saturated heterocycles. The first-order valence-corrected chi connectivity index (χ1v) is 4.99. The predicted molar refractivity (Wildman–Crippen MR) is 55.3 cm³/mol. The van der Waals surface area contributed by atoms with Gasteiger partial charge in [-0.1, -0.05) is 27.7 Å². The minimum absolute atomic E-state index is 0.145. The molecule has 3 heteroatoms. The quantitative estimate of drug-likeness (QED) is 0.618. The molecule has 0 atom stereocenters. The second kappa shape index (κ2) is 4.95. The molecule has 0 aliphatic heterocycles. The van der Waals surface area contributed by atoms with Gasteiger partial charge in [0.1, 0.15) is 0 Å². The van der Waals surface area contributed by atoms with Gasteiger partial charge in [0.25, 0.3) is 0 Å². The number of nitrogens with one attached hydrogen (secondary N) is 1. The van der Waals surface area contributed by atoms with Crippen LogP contribution in [-0.2, 0) is 4.79 Å². The third kappa shape index (κ3) is 3.40. The van der Waals surface area contributed by atoms with E-state index in [0.717, 1.165) is 0 Å². The van der Waals surface area contributed by atoms with Crippen LogP contribution >= 0.6 is 22.9 Å². The molecule has 0 aliphatic carbocycles. The summed E-state index contributed by atoms with van der Waals surface area (Å²) < 4.78 is 2.66. The Labute approximate surface area is 82.6 Å². The Morgan fingerprint density at radius 3 is 1.64 bits per heavy atom. The van der Waals surface area contributed by atoms with E-state index in [9.17, 15) is 4.79 Å². The lowest BCUT2D eigenvalue weighted by Crippen LogP contribution is -2.31. The van der Waals surface area contributed by atoms with Crippen LogP contribution in [-0.4, -0.2) is 5.91 Å². The van der Waals surface area contributed by atoms with E-state index in [1.54, 1.807) is 0 Å². The number of halogens is 1. The van der Waals surface area contributed by atoms with Crippen LogP contribution in [0.1, 0.15) is 27.7 Å². The Balaban J connectivity index is 4.22. The molecule has 0 bridgehead atoms. The van der Waals surface area contributed by atoms with Crippen molar-refractivity contribution in [3.8, 4) is 0 Å². The van der Waals surface area contributed by atoms with Gasteiger partial charge in [0.15, 0.2) is 0 Å². The molecule has 2 nitrogen and oxygen atoms in total. The highest BCUT2D eigenvalue weighted by Crippen LogP contribution is 2.20. The van der Waals surface area contributed by atoms with Crippen molar-refractivity contribution >= 4 is 28.8 Å². The van der Waals surface area contributed by atoms with Gasteiger partial charge < -0.3 is 0 Å². The molecule has 0 spiro atoms. The van der Waals surface area contributed by atoms with Gasteiger partial charge in [-0.2, -0.15) is 0 Å². The van der Waals surface area contributed by atoms with Gasteiger partial charge in [-0.3, -0.25) is 8.32 Å². The fraction of sp³-hybridized carbons (Fsp3) is 0.875. The van der Waals surface area contributed by atoms with E-state index in [-0.39, 0.29) is 11.8 Å². The second-order valence-electron chi connectivity index (χ2n) is 3.47. The summed E-state index contributed by atoms with van der Waals surface area (Å²) >= 11 is 1.90. The third-order valence-electron chi connectivity index (χ3n) is 1.83. The van der Waals surface area contributed by atoms with E-state index in [1.165, 1.54) is 0 Å². The molecule has 0 heterocycles. The van der Waals surface area contributed by atoms with E-state index >= 15 is 0 Å². The average molecular weight is 269 g/mol. The summed E-state index contributed by atoms with van der Waals surface area (Å²) in [5.74, 6) is 1.14. The minimum atomic E-state index is 0.145. The van der Waals surface area contributed by atoms with Crippen LogP contribution in [0.5, 0.6) is 0 Å². The standard InChI is InChI=1S/C8H16INO/c1-5(2)7(6(3)4)8(11)10-9/h5-7H,1-4H3,(H,10,11). The highest BCUT2D eigenvalue weighted by atomic mass is 127. The summed E-state index contributed by atoms with van der Waals surface area (Å²) in [4.78, 5) is 11.3. The van der Waals surface area contributed by atoms with Gasteiger partial charge in [-0.15, -0.1) is 0 Å². The topological polar surface area (TPSA) is 29.1 Å². The maximum Gasteiger partial charge on any atom is 0.232 e. The summed E-state index contributed by atoms with van der Waals surface area (Å²) in [7, 11) is 0. The first-order chi connectivity index (χ1) is 5.00. The fourth-order valence-corrected chi connectivity index (χ4v) is 1.80. The number of hydrogen-bond acceptors (Lipinski definition) is 1. The van der Waals surface area contributed by atoms with E-state index in [1.807, 2.05) is 22.9 Å². The number of hydrogen-bond donors (Lipinski definition) is 1. The third-order valence-corrected chi connectivity index (χ3v) is 2.36. The Morgan fingerprint density at radius 1 is 1.18 bits per heavy atom. The first-order valence-electron chi connectivity index (χ1n) is 3.91. The SMILES string of the molecule is CC(C)C(C(=O)NI)C(C)C. The molecule has 66 valence electrons. The molecule has 0 radical (unpaired) electrons. The lowest BCUT2D eigenvalue weighted by Gasteiger charge is -2.21. The lowest BCUT2D eigenvalue weighted by atomic mass is 9.85. The average Bonchev–Trinajstić information content (AvgIpc) is 1.85. The van der Waals surface area contributed by atoms with Gasteiger partial charge in [0.05, 0.1) is 22.9 Å². The largest absolute Gasteiger partial charge is 0.299 e.